The van der Waals surface area contributed by atoms with Gasteiger partial charge in [0.05, 0.1) is 13.2 Å². The highest BCUT2D eigenvalue weighted by Gasteiger charge is 2.15. The van der Waals surface area contributed by atoms with Crippen LogP contribution in [0.25, 0.3) is 0 Å². The molecule has 0 spiro atoms. The summed E-state index contributed by atoms with van der Waals surface area (Å²) in [6.07, 6.45) is 0.402. The minimum atomic E-state index is -1.07. The first-order valence-electron chi connectivity index (χ1n) is 7.94. The van der Waals surface area contributed by atoms with Crippen LogP contribution < -0.4 is 9.47 Å². The Morgan fingerprint density at radius 1 is 0.800 bits per heavy atom. The number of rotatable bonds is 8. The molecule has 2 N–H and O–H groups in total. The Bertz CT molecular complexity index is 716. The van der Waals surface area contributed by atoms with Gasteiger partial charge < -0.3 is 19.7 Å². The topological polar surface area (TPSA) is 93.1 Å². The molecular formula is C19H20O6. The van der Waals surface area contributed by atoms with Crippen molar-refractivity contribution in [2.24, 2.45) is 0 Å². The number of hydrogen-bond acceptors (Lipinski definition) is 4. The SMILES string of the molecule is CCOc1ccc(Cc2ccc(OCC)c(C(=O)O)c2)cc1C(=O)O. The smallest absolute Gasteiger partial charge is 0.339 e. The van der Waals surface area contributed by atoms with Crippen LogP contribution in [0, 0.1) is 0 Å². The average molecular weight is 344 g/mol. The van der Waals surface area contributed by atoms with Crippen LogP contribution in [0.1, 0.15) is 45.7 Å². The summed E-state index contributed by atoms with van der Waals surface area (Å²) < 4.78 is 10.6. The number of hydrogen-bond donors (Lipinski definition) is 2. The van der Waals surface area contributed by atoms with Crippen LogP contribution in [0.15, 0.2) is 36.4 Å². The van der Waals surface area contributed by atoms with Gasteiger partial charge in [-0.25, -0.2) is 9.59 Å². The Kier molecular flexibility index (Phi) is 6.00. The number of benzene rings is 2. The van der Waals surface area contributed by atoms with E-state index in [-0.39, 0.29) is 11.1 Å². The van der Waals surface area contributed by atoms with Gasteiger partial charge in [0.15, 0.2) is 0 Å². The van der Waals surface area contributed by atoms with E-state index in [1.54, 1.807) is 50.2 Å². The highest BCUT2D eigenvalue weighted by Crippen LogP contribution is 2.25. The van der Waals surface area contributed by atoms with Crippen molar-refractivity contribution >= 4 is 11.9 Å². The Morgan fingerprint density at radius 3 is 1.52 bits per heavy atom. The molecule has 0 atom stereocenters. The summed E-state index contributed by atoms with van der Waals surface area (Å²) in [6, 6.07) is 9.88. The number of carboxylic acids is 2. The van der Waals surface area contributed by atoms with Crippen LogP contribution in [-0.2, 0) is 6.42 Å². The molecule has 0 aliphatic carbocycles. The lowest BCUT2D eigenvalue weighted by molar-refractivity contribution is 0.0681. The third-order valence-corrected chi connectivity index (χ3v) is 3.56. The molecule has 0 aliphatic heterocycles. The van der Waals surface area contributed by atoms with Gasteiger partial charge in [-0.15, -0.1) is 0 Å². The lowest BCUT2D eigenvalue weighted by Crippen LogP contribution is -2.05. The summed E-state index contributed by atoms with van der Waals surface area (Å²) >= 11 is 0. The number of carbonyl (C=O) groups is 2. The van der Waals surface area contributed by atoms with E-state index in [0.29, 0.717) is 31.1 Å². The highest BCUT2D eigenvalue weighted by atomic mass is 16.5. The maximum Gasteiger partial charge on any atom is 0.339 e. The molecule has 0 aliphatic rings. The second-order valence-electron chi connectivity index (χ2n) is 5.31. The maximum atomic E-state index is 11.4. The van der Waals surface area contributed by atoms with Gasteiger partial charge in [0.25, 0.3) is 0 Å². The van der Waals surface area contributed by atoms with Crippen LogP contribution in [0.3, 0.4) is 0 Å². The minimum Gasteiger partial charge on any atom is -0.493 e. The standard InChI is InChI=1S/C19H20O6/c1-3-24-16-7-5-12(10-14(16)18(20)21)9-13-6-8-17(25-4-2)15(11-13)19(22)23/h5-8,10-11H,3-4,9H2,1-2H3,(H,20,21)(H,22,23). The molecule has 0 unspecified atom stereocenters. The van der Waals surface area contributed by atoms with Crippen LogP contribution >= 0.6 is 0 Å². The molecule has 6 nitrogen and oxygen atoms in total. The van der Waals surface area contributed by atoms with E-state index in [0.717, 1.165) is 11.1 Å². The zero-order valence-electron chi connectivity index (χ0n) is 14.1. The molecule has 0 radical (unpaired) electrons. The molecular weight excluding hydrogens is 324 g/mol. The van der Waals surface area contributed by atoms with E-state index in [1.807, 2.05) is 0 Å². The monoisotopic (exact) mass is 344 g/mol. The summed E-state index contributed by atoms with van der Waals surface area (Å²) in [5.74, 6) is -1.50. The zero-order valence-corrected chi connectivity index (χ0v) is 14.1. The Balaban J connectivity index is 2.33. The Labute approximate surface area is 145 Å². The van der Waals surface area contributed by atoms with Gasteiger partial charge in [-0.05, 0) is 55.7 Å². The van der Waals surface area contributed by atoms with Crippen LogP contribution in [0.5, 0.6) is 11.5 Å². The summed E-state index contributed by atoms with van der Waals surface area (Å²) in [5.41, 5.74) is 1.68. The first-order chi connectivity index (χ1) is 12.0. The summed E-state index contributed by atoms with van der Waals surface area (Å²) in [5, 5.41) is 18.6. The van der Waals surface area contributed by atoms with Gasteiger partial charge in [0, 0.05) is 0 Å². The number of carboxylic acid groups (broad SMARTS) is 2. The first kappa shape index (κ1) is 18.3. The average Bonchev–Trinajstić information content (AvgIpc) is 2.57. The summed E-state index contributed by atoms with van der Waals surface area (Å²) in [4.78, 5) is 22.8. The predicted molar refractivity (Wildman–Crippen MR) is 91.9 cm³/mol. The fourth-order valence-electron chi connectivity index (χ4n) is 2.51. The van der Waals surface area contributed by atoms with Crippen molar-refractivity contribution < 1.29 is 29.3 Å². The second-order valence-corrected chi connectivity index (χ2v) is 5.31. The van der Waals surface area contributed by atoms with E-state index in [4.69, 9.17) is 9.47 Å². The fraction of sp³-hybridized carbons (Fsp3) is 0.263. The van der Waals surface area contributed by atoms with Crippen LogP contribution in [0.2, 0.25) is 0 Å². The van der Waals surface area contributed by atoms with Crippen molar-refractivity contribution in [1.82, 2.24) is 0 Å². The van der Waals surface area contributed by atoms with Crippen LogP contribution in [-0.4, -0.2) is 35.4 Å². The van der Waals surface area contributed by atoms with Gasteiger partial charge >= 0.3 is 11.9 Å². The molecule has 2 aromatic rings. The summed E-state index contributed by atoms with van der Waals surface area (Å²) in [6.45, 7) is 4.32. The van der Waals surface area contributed by atoms with Crippen molar-refractivity contribution in [3.8, 4) is 11.5 Å². The molecule has 2 rings (SSSR count). The molecule has 0 fully saturated rings. The van der Waals surface area contributed by atoms with E-state index in [1.165, 1.54) is 0 Å². The molecule has 0 amide bonds. The molecule has 0 saturated carbocycles. The van der Waals surface area contributed by atoms with Crippen molar-refractivity contribution in [1.29, 1.82) is 0 Å². The minimum absolute atomic E-state index is 0.0868. The molecule has 0 heterocycles. The molecule has 0 aromatic heterocycles. The lowest BCUT2D eigenvalue weighted by Gasteiger charge is -2.11. The third-order valence-electron chi connectivity index (χ3n) is 3.56. The molecule has 6 heteroatoms. The lowest BCUT2D eigenvalue weighted by atomic mass is 10.00. The highest BCUT2D eigenvalue weighted by molar-refractivity contribution is 5.92. The quantitative estimate of drug-likeness (QED) is 0.762. The van der Waals surface area contributed by atoms with E-state index in [9.17, 15) is 19.8 Å². The zero-order chi connectivity index (χ0) is 18.4. The fourth-order valence-corrected chi connectivity index (χ4v) is 2.51. The predicted octanol–water partition coefficient (Wildman–Crippen LogP) is 3.47. The molecule has 0 bridgehead atoms. The number of ether oxygens (including phenoxy) is 2. The van der Waals surface area contributed by atoms with Crippen LogP contribution in [0.4, 0.5) is 0 Å². The number of aromatic carboxylic acids is 2. The van der Waals surface area contributed by atoms with E-state index in [2.05, 4.69) is 0 Å². The van der Waals surface area contributed by atoms with E-state index >= 15 is 0 Å². The van der Waals surface area contributed by atoms with Gasteiger partial charge in [-0.3, -0.25) is 0 Å². The van der Waals surface area contributed by atoms with Gasteiger partial charge in [-0.1, -0.05) is 12.1 Å². The molecule has 2 aromatic carbocycles. The maximum absolute atomic E-state index is 11.4. The largest absolute Gasteiger partial charge is 0.493 e. The van der Waals surface area contributed by atoms with Gasteiger partial charge in [0.2, 0.25) is 0 Å². The summed E-state index contributed by atoms with van der Waals surface area (Å²) in [7, 11) is 0. The van der Waals surface area contributed by atoms with Crippen molar-refractivity contribution in [3.63, 3.8) is 0 Å². The van der Waals surface area contributed by atoms with Gasteiger partial charge in [0.1, 0.15) is 22.6 Å². The Hall–Kier alpha value is -3.02. The Morgan fingerprint density at radius 2 is 1.20 bits per heavy atom. The third kappa shape index (κ3) is 4.50. The molecule has 132 valence electrons. The van der Waals surface area contributed by atoms with Crippen molar-refractivity contribution in [2.45, 2.75) is 20.3 Å². The van der Waals surface area contributed by atoms with Gasteiger partial charge in [-0.2, -0.15) is 0 Å². The molecule has 25 heavy (non-hydrogen) atoms. The normalized spacial score (nSPS) is 10.3. The second kappa shape index (κ2) is 8.19. The van der Waals surface area contributed by atoms with Crippen molar-refractivity contribution in [3.05, 3.63) is 58.7 Å². The molecule has 0 saturated heterocycles. The van der Waals surface area contributed by atoms with Crippen molar-refractivity contribution in [2.75, 3.05) is 13.2 Å². The first-order valence-corrected chi connectivity index (χ1v) is 7.94. The van der Waals surface area contributed by atoms with E-state index < -0.39 is 11.9 Å².